The summed E-state index contributed by atoms with van der Waals surface area (Å²) in [5.41, 5.74) is 0.260. The molecule has 1 saturated heterocycles. The molecule has 30 heavy (non-hydrogen) atoms. The average molecular weight is 433 g/mol. The molecule has 2 aromatic carbocycles. The zero-order chi connectivity index (χ0) is 21.5. The lowest BCUT2D eigenvalue weighted by molar-refractivity contribution is 0.343. The third-order valence-corrected chi connectivity index (χ3v) is 6.32. The van der Waals surface area contributed by atoms with Crippen LogP contribution in [0.5, 0.6) is 11.5 Å². The van der Waals surface area contributed by atoms with E-state index < -0.39 is 27.9 Å². The quantitative estimate of drug-likeness (QED) is 0.667. The van der Waals surface area contributed by atoms with Gasteiger partial charge in [0, 0.05) is 31.6 Å². The van der Waals surface area contributed by atoms with Gasteiger partial charge in [0.15, 0.2) is 11.6 Å². The predicted molar refractivity (Wildman–Crippen MR) is 106 cm³/mol. The van der Waals surface area contributed by atoms with Gasteiger partial charge in [-0.3, -0.25) is 9.40 Å². The number of anilines is 1. The molecule has 0 unspecified atom stereocenters. The van der Waals surface area contributed by atoms with Crippen LogP contribution in [-0.4, -0.2) is 41.8 Å². The number of hydrogen-bond donors (Lipinski definition) is 1. The first-order chi connectivity index (χ1) is 14.3. The van der Waals surface area contributed by atoms with Crippen molar-refractivity contribution in [1.82, 2.24) is 14.1 Å². The number of ether oxygens (including phenoxy) is 1. The van der Waals surface area contributed by atoms with Crippen LogP contribution in [0.2, 0.25) is 0 Å². The summed E-state index contributed by atoms with van der Waals surface area (Å²) in [6, 6.07) is 8.87. The Kier molecular flexibility index (Phi) is 5.05. The van der Waals surface area contributed by atoms with Crippen molar-refractivity contribution in [2.45, 2.75) is 12.6 Å². The standard InChI is InChI=1S/C19H17F2N5O3S/c1-25-18-8-14(3-2-12(18)10-23-25)29-19-15(9-22)17(5-4-16(19)21)24-30(27,28)26-7-6-13(20)11-26/h2-5,8,10,13,24H,6-7,11H2,1H3/t13-/m1/s1. The fraction of sp³-hybridized carbons (Fsp3) is 0.263. The lowest BCUT2D eigenvalue weighted by atomic mass is 10.1. The Morgan fingerprint density at radius 1 is 1.33 bits per heavy atom. The SMILES string of the molecule is Cn1ncc2ccc(Oc3c(F)ccc(NS(=O)(=O)N4CC[C@@H](F)C4)c3C#N)cc21. The summed E-state index contributed by atoms with van der Waals surface area (Å²) >= 11 is 0. The highest BCUT2D eigenvalue weighted by Gasteiger charge is 2.32. The summed E-state index contributed by atoms with van der Waals surface area (Å²) < 4.78 is 63.3. The first-order valence-corrected chi connectivity index (χ1v) is 10.5. The maximum absolute atomic E-state index is 14.5. The van der Waals surface area contributed by atoms with Gasteiger partial charge in [-0.1, -0.05) is 0 Å². The molecular formula is C19H17F2N5O3S. The normalized spacial score (nSPS) is 17.2. The van der Waals surface area contributed by atoms with Crippen LogP contribution < -0.4 is 9.46 Å². The van der Waals surface area contributed by atoms with Crippen LogP contribution in [0.3, 0.4) is 0 Å². The summed E-state index contributed by atoms with van der Waals surface area (Å²) in [7, 11) is -2.37. The van der Waals surface area contributed by atoms with Crippen LogP contribution in [0, 0.1) is 17.1 Å². The highest BCUT2D eigenvalue weighted by molar-refractivity contribution is 7.90. The maximum Gasteiger partial charge on any atom is 0.301 e. The van der Waals surface area contributed by atoms with Gasteiger partial charge in [0.25, 0.3) is 0 Å². The fourth-order valence-corrected chi connectivity index (χ4v) is 4.55. The Labute approximate surface area is 171 Å². The number of benzene rings is 2. The van der Waals surface area contributed by atoms with E-state index in [0.717, 1.165) is 27.3 Å². The molecule has 0 amide bonds. The predicted octanol–water partition coefficient (Wildman–Crippen LogP) is 3.08. The molecule has 1 aromatic heterocycles. The molecule has 0 bridgehead atoms. The summed E-state index contributed by atoms with van der Waals surface area (Å²) in [5, 5.41) is 14.5. The maximum atomic E-state index is 14.5. The molecule has 0 radical (unpaired) electrons. The Morgan fingerprint density at radius 3 is 2.83 bits per heavy atom. The van der Waals surface area contributed by atoms with Gasteiger partial charge in [-0.25, -0.2) is 8.78 Å². The highest BCUT2D eigenvalue weighted by atomic mass is 32.2. The second-order valence-corrected chi connectivity index (χ2v) is 8.52. The molecule has 0 aliphatic carbocycles. The van der Waals surface area contributed by atoms with Crippen LogP contribution in [0.4, 0.5) is 14.5 Å². The van der Waals surface area contributed by atoms with Crippen LogP contribution in [0.15, 0.2) is 36.5 Å². The van der Waals surface area contributed by atoms with Gasteiger partial charge >= 0.3 is 10.2 Å². The number of nitriles is 1. The lowest BCUT2D eigenvalue weighted by Gasteiger charge is -2.18. The van der Waals surface area contributed by atoms with Gasteiger partial charge in [-0.2, -0.15) is 23.1 Å². The number of alkyl halides is 1. The van der Waals surface area contributed by atoms with Crippen molar-refractivity contribution in [3.05, 3.63) is 47.9 Å². The molecule has 11 heteroatoms. The van der Waals surface area contributed by atoms with Crippen molar-refractivity contribution in [2.75, 3.05) is 17.8 Å². The van der Waals surface area contributed by atoms with E-state index in [4.69, 9.17) is 4.74 Å². The molecule has 1 aliphatic rings. The van der Waals surface area contributed by atoms with E-state index in [1.54, 1.807) is 42.2 Å². The van der Waals surface area contributed by atoms with Gasteiger partial charge in [0.1, 0.15) is 23.6 Å². The van der Waals surface area contributed by atoms with E-state index >= 15 is 0 Å². The second kappa shape index (κ2) is 7.55. The summed E-state index contributed by atoms with van der Waals surface area (Å²) in [6.45, 7) is -0.250. The largest absolute Gasteiger partial charge is 0.453 e. The van der Waals surface area contributed by atoms with Crippen LogP contribution in [-0.2, 0) is 17.3 Å². The van der Waals surface area contributed by atoms with Crippen molar-refractivity contribution in [3.8, 4) is 17.6 Å². The number of nitrogens with one attached hydrogen (secondary N) is 1. The van der Waals surface area contributed by atoms with Gasteiger partial charge in [-0.15, -0.1) is 0 Å². The summed E-state index contributed by atoms with van der Waals surface area (Å²) in [6.07, 6.45) is 0.516. The highest BCUT2D eigenvalue weighted by Crippen LogP contribution is 2.35. The minimum Gasteiger partial charge on any atom is -0.453 e. The van der Waals surface area contributed by atoms with E-state index in [-0.39, 0.29) is 36.5 Å². The number of rotatable bonds is 5. The molecule has 1 fully saturated rings. The topological polar surface area (TPSA) is 100 Å². The van der Waals surface area contributed by atoms with E-state index in [1.165, 1.54) is 0 Å². The zero-order valence-electron chi connectivity index (χ0n) is 15.8. The smallest absolute Gasteiger partial charge is 0.301 e. The third-order valence-electron chi connectivity index (χ3n) is 4.83. The van der Waals surface area contributed by atoms with E-state index in [9.17, 15) is 22.5 Å². The first-order valence-electron chi connectivity index (χ1n) is 9.02. The average Bonchev–Trinajstić information content (AvgIpc) is 3.31. The number of hydrogen-bond acceptors (Lipinski definition) is 5. The Bertz CT molecular complexity index is 1270. The second-order valence-electron chi connectivity index (χ2n) is 6.85. The molecule has 1 aliphatic heterocycles. The van der Waals surface area contributed by atoms with Gasteiger partial charge in [0.2, 0.25) is 0 Å². The molecule has 0 saturated carbocycles. The molecule has 4 rings (SSSR count). The van der Waals surface area contributed by atoms with Crippen molar-refractivity contribution in [1.29, 1.82) is 5.26 Å². The van der Waals surface area contributed by atoms with Gasteiger partial charge in [-0.05, 0) is 30.7 Å². The van der Waals surface area contributed by atoms with Gasteiger partial charge in [0.05, 0.1) is 17.4 Å². The Morgan fingerprint density at radius 2 is 2.13 bits per heavy atom. The first kappa shape index (κ1) is 20.1. The molecule has 0 spiro atoms. The van der Waals surface area contributed by atoms with Crippen molar-refractivity contribution in [3.63, 3.8) is 0 Å². The third kappa shape index (κ3) is 3.67. The lowest BCUT2D eigenvalue weighted by Crippen LogP contribution is -2.34. The van der Waals surface area contributed by atoms with Crippen LogP contribution in [0.1, 0.15) is 12.0 Å². The Balaban J connectivity index is 1.68. The monoisotopic (exact) mass is 433 g/mol. The van der Waals surface area contributed by atoms with Crippen molar-refractivity contribution >= 4 is 26.8 Å². The number of aromatic nitrogens is 2. The molecule has 1 N–H and O–H groups in total. The molecule has 3 aromatic rings. The number of nitrogens with zero attached hydrogens (tertiary/aromatic N) is 4. The zero-order valence-corrected chi connectivity index (χ0v) is 16.7. The minimum absolute atomic E-state index is 0.0215. The number of halogens is 2. The molecule has 8 nitrogen and oxygen atoms in total. The molecule has 156 valence electrons. The molecule has 2 heterocycles. The van der Waals surface area contributed by atoms with E-state index in [1.807, 2.05) is 0 Å². The van der Waals surface area contributed by atoms with Crippen molar-refractivity contribution in [2.24, 2.45) is 7.05 Å². The van der Waals surface area contributed by atoms with E-state index in [2.05, 4.69) is 9.82 Å². The molecule has 1 atom stereocenters. The fourth-order valence-electron chi connectivity index (χ4n) is 3.27. The van der Waals surface area contributed by atoms with E-state index in [0.29, 0.717) is 0 Å². The minimum atomic E-state index is -4.11. The van der Waals surface area contributed by atoms with Crippen LogP contribution >= 0.6 is 0 Å². The summed E-state index contributed by atoms with van der Waals surface area (Å²) in [4.78, 5) is 0. The van der Waals surface area contributed by atoms with Crippen molar-refractivity contribution < 1.29 is 21.9 Å². The number of fused-ring (bicyclic) bond motifs is 1. The van der Waals surface area contributed by atoms with Gasteiger partial charge < -0.3 is 4.74 Å². The number of aryl methyl sites for hydroxylation is 1. The van der Waals surface area contributed by atoms with Crippen LogP contribution in [0.25, 0.3) is 10.9 Å². The summed E-state index contributed by atoms with van der Waals surface area (Å²) in [5.74, 6) is -0.991. The molecular weight excluding hydrogens is 416 g/mol. The Hall–Kier alpha value is -3.23.